The van der Waals surface area contributed by atoms with Gasteiger partial charge in [0.1, 0.15) is 0 Å². The minimum absolute atomic E-state index is 0. The molecule has 1 unspecified atom stereocenters. The Balaban J connectivity index is 0. The smallest absolute Gasteiger partial charge is 0.420 e. The van der Waals surface area contributed by atoms with Crippen LogP contribution in [0.5, 0.6) is 0 Å². The number of imide groups is 1. The average Bonchev–Trinajstić information content (AvgIpc) is 2.26. The summed E-state index contributed by atoms with van der Waals surface area (Å²) >= 11 is 0. The van der Waals surface area contributed by atoms with Gasteiger partial charge in [0.25, 0.3) is 5.91 Å². The molecular formula is C7H13Cl2N2O2-. The maximum atomic E-state index is 10.9. The van der Waals surface area contributed by atoms with Crippen molar-refractivity contribution in [3.05, 3.63) is 0 Å². The Kier molecular flexibility index (Phi) is 8.30. The predicted molar refractivity (Wildman–Crippen MR) is 38.8 cm³/mol. The summed E-state index contributed by atoms with van der Waals surface area (Å²) in [6, 6.07) is -0.404. The van der Waals surface area contributed by atoms with E-state index < -0.39 is 0 Å². The lowest BCUT2D eigenvalue weighted by Crippen LogP contribution is -3.00. The number of nitrogens with one attached hydrogen (secondary N) is 1. The molecule has 1 aliphatic heterocycles. The largest absolute Gasteiger partial charge is 1.00 e. The number of hydrogen-bond donors (Lipinski definition) is 2. The van der Waals surface area contributed by atoms with Gasteiger partial charge >= 0.3 is 6.03 Å². The number of quaternary nitrogens is 1. The molecular weight excluding hydrogens is 215 g/mol. The third-order valence-corrected chi connectivity index (χ3v) is 1.80. The quantitative estimate of drug-likeness (QED) is 0.472. The Hall–Kier alpha value is -0.320. The molecule has 1 aliphatic rings. The predicted octanol–water partition coefficient (Wildman–Crippen LogP) is -6.63. The molecule has 78 valence electrons. The molecule has 0 aliphatic carbocycles. The monoisotopic (exact) mass is 227 g/mol. The number of hydrogen-bond acceptors (Lipinski definition) is 2. The molecule has 3 N–H and O–H groups in total. The van der Waals surface area contributed by atoms with Crippen molar-refractivity contribution in [2.75, 3.05) is 0 Å². The summed E-state index contributed by atoms with van der Waals surface area (Å²) in [5.74, 6) is -0.136. The van der Waals surface area contributed by atoms with E-state index in [1.165, 1.54) is 5.32 Å². The molecule has 4 nitrogen and oxygen atoms in total. The zero-order valence-corrected chi connectivity index (χ0v) is 8.86. The van der Waals surface area contributed by atoms with Crippen molar-refractivity contribution in [2.45, 2.75) is 32.2 Å². The molecule has 1 heterocycles. The Morgan fingerprint density at radius 3 is 2.38 bits per heavy atom. The highest BCUT2D eigenvalue weighted by atomic mass is 35.5. The number of rotatable bonds is 3. The highest BCUT2D eigenvalue weighted by Crippen LogP contribution is 1.98. The second-order valence-corrected chi connectivity index (χ2v) is 2.77. The van der Waals surface area contributed by atoms with E-state index in [2.05, 4.69) is 12.2 Å². The van der Waals surface area contributed by atoms with Gasteiger partial charge in [-0.1, -0.05) is 13.3 Å². The van der Waals surface area contributed by atoms with E-state index >= 15 is 0 Å². The lowest BCUT2D eigenvalue weighted by atomic mass is 10.1. The fraction of sp³-hybridized carbons (Fsp3) is 0.714. The first kappa shape index (κ1) is 15.2. The highest BCUT2D eigenvalue weighted by Gasteiger charge is 2.33. The molecule has 1 fully saturated rings. The number of halogens is 2. The Morgan fingerprint density at radius 1 is 1.38 bits per heavy atom. The number of primary amides is 1. The minimum atomic E-state index is -0.240. The van der Waals surface area contributed by atoms with Crippen LogP contribution in [0.4, 0.5) is 4.79 Å². The van der Waals surface area contributed by atoms with Crippen LogP contribution in [0.2, 0.25) is 0 Å². The van der Waals surface area contributed by atoms with Gasteiger partial charge in [-0.2, -0.15) is 0 Å². The van der Waals surface area contributed by atoms with Crippen LogP contribution in [0.15, 0.2) is 0 Å². The summed E-state index contributed by atoms with van der Waals surface area (Å²) in [5.41, 5.74) is 0. The molecule has 0 aromatic carbocycles. The maximum absolute atomic E-state index is 10.9. The molecule has 0 spiro atoms. The van der Waals surface area contributed by atoms with E-state index in [-0.39, 0.29) is 42.8 Å². The fourth-order valence-electron chi connectivity index (χ4n) is 1.15. The Labute approximate surface area is 89.7 Å². The van der Waals surface area contributed by atoms with Crippen LogP contribution < -0.4 is 35.4 Å². The van der Waals surface area contributed by atoms with Gasteiger partial charge in [-0.25, -0.2) is 10.1 Å². The fourth-order valence-corrected chi connectivity index (χ4v) is 1.15. The van der Waals surface area contributed by atoms with Gasteiger partial charge in [0.2, 0.25) is 0 Å². The average molecular weight is 228 g/mol. The van der Waals surface area contributed by atoms with E-state index in [9.17, 15) is 9.59 Å². The number of nitrogens with two attached hydrogens (primary N) is 1. The summed E-state index contributed by atoms with van der Waals surface area (Å²) in [7, 11) is 0. The van der Waals surface area contributed by atoms with Crippen LogP contribution in [-0.4, -0.2) is 18.0 Å². The van der Waals surface area contributed by atoms with Gasteiger partial charge in [0.05, 0.1) is 0 Å². The molecule has 0 aromatic heterocycles. The van der Waals surface area contributed by atoms with Crippen LogP contribution in [-0.2, 0) is 4.79 Å². The molecule has 0 aromatic rings. The van der Waals surface area contributed by atoms with Crippen LogP contribution >= 0.6 is 0 Å². The van der Waals surface area contributed by atoms with Gasteiger partial charge in [-0.15, -0.1) is 0 Å². The second-order valence-electron chi connectivity index (χ2n) is 2.77. The number of urea groups is 1. The molecule has 0 radical (unpaired) electrons. The summed E-state index contributed by atoms with van der Waals surface area (Å²) in [6.07, 6.45) is 2.86. The van der Waals surface area contributed by atoms with E-state index in [1.807, 2.05) is 0 Å². The summed E-state index contributed by atoms with van der Waals surface area (Å²) < 4.78 is 0. The van der Waals surface area contributed by atoms with Gasteiger partial charge in [0, 0.05) is 6.42 Å². The van der Waals surface area contributed by atoms with Crippen LogP contribution in [0, 0.1) is 0 Å². The number of amides is 3. The van der Waals surface area contributed by atoms with Gasteiger partial charge in [0.15, 0.2) is 6.04 Å². The van der Waals surface area contributed by atoms with Crippen LogP contribution in [0.25, 0.3) is 0 Å². The van der Waals surface area contributed by atoms with E-state index in [4.69, 9.17) is 0 Å². The third kappa shape index (κ3) is 4.45. The van der Waals surface area contributed by atoms with Gasteiger partial charge < -0.3 is 24.8 Å². The van der Waals surface area contributed by atoms with E-state index in [0.29, 0.717) is 0 Å². The van der Waals surface area contributed by atoms with Crippen molar-refractivity contribution < 1.29 is 39.7 Å². The lowest BCUT2D eigenvalue weighted by Gasteiger charge is -1.99. The van der Waals surface area contributed by atoms with Crippen LogP contribution in [0.3, 0.4) is 0 Å². The standard InChI is InChI=1S/C7H12N2O2.2ClH/c1-2-3-4-5-6(10)9-7(11)8-5;;/h5H,2-4H2,1H3,(H2,8,9,10,11);2*1H/p-1. The summed E-state index contributed by atoms with van der Waals surface area (Å²) in [5, 5.41) is 3.71. The molecule has 0 saturated carbocycles. The second kappa shape index (κ2) is 7.12. The summed E-state index contributed by atoms with van der Waals surface area (Å²) in [4.78, 5) is 21.6. The molecule has 6 heteroatoms. The zero-order chi connectivity index (χ0) is 8.27. The normalized spacial score (nSPS) is 20.2. The number of unbranched alkanes of at least 4 members (excludes halogenated alkanes) is 1. The Morgan fingerprint density at radius 2 is 2.00 bits per heavy atom. The minimum Gasteiger partial charge on any atom is -1.00 e. The first-order valence-corrected chi connectivity index (χ1v) is 3.93. The zero-order valence-electron chi connectivity index (χ0n) is 7.35. The highest BCUT2D eigenvalue weighted by molar-refractivity contribution is 5.97. The molecule has 1 atom stereocenters. The van der Waals surface area contributed by atoms with Crippen molar-refractivity contribution in [1.82, 2.24) is 5.32 Å². The molecule has 0 bridgehead atoms. The number of carbonyl (C=O) groups excluding carboxylic acids is 2. The van der Waals surface area contributed by atoms with Crippen molar-refractivity contribution in [3.63, 3.8) is 0 Å². The molecule has 1 saturated heterocycles. The maximum Gasteiger partial charge on any atom is 0.420 e. The lowest BCUT2D eigenvalue weighted by molar-refractivity contribution is -0.571. The molecule has 3 amide bonds. The van der Waals surface area contributed by atoms with Gasteiger partial charge in [-0.05, 0) is 6.42 Å². The number of carbonyl (C=O) groups is 2. The first-order valence-electron chi connectivity index (χ1n) is 3.93. The van der Waals surface area contributed by atoms with Crippen molar-refractivity contribution in [2.24, 2.45) is 0 Å². The van der Waals surface area contributed by atoms with E-state index in [1.54, 1.807) is 0 Å². The van der Waals surface area contributed by atoms with Crippen molar-refractivity contribution >= 4 is 11.9 Å². The first-order chi connectivity index (χ1) is 5.24. The summed E-state index contributed by atoms with van der Waals surface area (Å²) in [6.45, 7) is 2.06. The SMILES string of the molecule is CCCCC1[NH2+]C(=O)NC1=O.[Cl-].[Cl-]. The molecule has 13 heavy (non-hydrogen) atoms. The van der Waals surface area contributed by atoms with Crippen molar-refractivity contribution in [3.8, 4) is 0 Å². The third-order valence-electron chi connectivity index (χ3n) is 1.80. The van der Waals surface area contributed by atoms with E-state index in [0.717, 1.165) is 19.3 Å². The van der Waals surface area contributed by atoms with Gasteiger partial charge in [-0.3, -0.25) is 10.1 Å². The van der Waals surface area contributed by atoms with Crippen molar-refractivity contribution in [1.29, 1.82) is 0 Å². The van der Waals surface area contributed by atoms with Crippen LogP contribution in [0.1, 0.15) is 26.2 Å². The molecule has 1 rings (SSSR count). The Bertz CT molecular complexity index is 187. The topological polar surface area (TPSA) is 62.8 Å².